The predicted molar refractivity (Wildman–Crippen MR) is 81.9 cm³/mol. The van der Waals surface area contributed by atoms with Crippen molar-refractivity contribution in [1.29, 1.82) is 0 Å². The van der Waals surface area contributed by atoms with Crippen molar-refractivity contribution < 1.29 is 9.53 Å². The number of rotatable bonds is 5. The lowest BCUT2D eigenvalue weighted by atomic mass is 10.2. The molecular formula is C16H14N2O2S. The molecule has 0 fully saturated rings. The lowest BCUT2D eigenvalue weighted by molar-refractivity contribution is 0.0510. The first kappa shape index (κ1) is 13.6. The van der Waals surface area contributed by atoms with Crippen LogP contribution in [0.5, 0.6) is 0 Å². The van der Waals surface area contributed by atoms with Gasteiger partial charge in [0.15, 0.2) is 0 Å². The highest BCUT2D eigenvalue weighted by Crippen LogP contribution is 2.11. The summed E-state index contributed by atoms with van der Waals surface area (Å²) in [6.45, 7) is 0.403. The Morgan fingerprint density at radius 3 is 2.71 bits per heavy atom. The van der Waals surface area contributed by atoms with Crippen molar-refractivity contribution in [2.24, 2.45) is 0 Å². The smallest absolute Gasteiger partial charge is 0.338 e. The van der Waals surface area contributed by atoms with Crippen LogP contribution in [-0.2, 0) is 11.2 Å². The number of carbonyl (C=O) groups excluding carboxylic acids is 1. The van der Waals surface area contributed by atoms with Crippen LogP contribution in [0.1, 0.15) is 15.2 Å². The third-order valence-electron chi connectivity index (χ3n) is 3.03. The molecule has 0 aliphatic carbocycles. The van der Waals surface area contributed by atoms with Crippen LogP contribution in [0.25, 0.3) is 5.69 Å². The first-order valence-electron chi connectivity index (χ1n) is 6.62. The van der Waals surface area contributed by atoms with Crippen LogP contribution in [0, 0.1) is 0 Å². The Kier molecular flexibility index (Phi) is 4.12. The average molecular weight is 298 g/mol. The van der Waals surface area contributed by atoms with Crippen molar-refractivity contribution >= 4 is 17.3 Å². The quantitative estimate of drug-likeness (QED) is 0.679. The maximum atomic E-state index is 11.9. The Balaban J connectivity index is 1.57. The molecule has 3 aromatic rings. The van der Waals surface area contributed by atoms with Gasteiger partial charge in [-0.2, -0.15) is 5.10 Å². The Bertz CT molecular complexity index is 688. The lowest BCUT2D eigenvalue weighted by Crippen LogP contribution is -2.08. The van der Waals surface area contributed by atoms with Crippen LogP contribution >= 0.6 is 11.3 Å². The number of nitrogens with zero attached hydrogens (tertiary/aromatic N) is 2. The van der Waals surface area contributed by atoms with Gasteiger partial charge in [-0.3, -0.25) is 0 Å². The van der Waals surface area contributed by atoms with Crippen molar-refractivity contribution in [3.8, 4) is 5.69 Å². The van der Waals surface area contributed by atoms with Gasteiger partial charge in [0.05, 0.1) is 17.9 Å². The summed E-state index contributed by atoms with van der Waals surface area (Å²) < 4.78 is 7.02. The Morgan fingerprint density at radius 2 is 2.05 bits per heavy atom. The fourth-order valence-electron chi connectivity index (χ4n) is 1.95. The van der Waals surface area contributed by atoms with Gasteiger partial charge < -0.3 is 4.74 Å². The number of aromatic nitrogens is 2. The van der Waals surface area contributed by atoms with Crippen molar-refractivity contribution in [2.75, 3.05) is 6.61 Å². The molecule has 0 N–H and O–H groups in total. The van der Waals surface area contributed by atoms with Gasteiger partial charge in [-0.05, 0) is 41.8 Å². The van der Waals surface area contributed by atoms with Gasteiger partial charge in [-0.1, -0.05) is 6.07 Å². The summed E-state index contributed by atoms with van der Waals surface area (Å²) in [7, 11) is 0. The van der Waals surface area contributed by atoms with Crippen LogP contribution in [0.15, 0.2) is 60.2 Å². The number of ether oxygens (including phenoxy) is 1. The molecule has 0 bridgehead atoms. The molecule has 5 heteroatoms. The van der Waals surface area contributed by atoms with Crippen molar-refractivity contribution in [2.45, 2.75) is 6.42 Å². The van der Waals surface area contributed by atoms with Gasteiger partial charge in [0, 0.05) is 23.7 Å². The lowest BCUT2D eigenvalue weighted by Gasteiger charge is -2.05. The Hall–Kier alpha value is -2.40. The third kappa shape index (κ3) is 3.38. The predicted octanol–water partition coefficient (Wildman–Crippen LogP) is 3.33. The molecule has 2 heterocycles. The Morgan fingerprint density at radius 1 is 1.19 bits per heavy atom. The van der Waals surface area contributed by atoms with Crippen molar-refractivity contribution in [3.63, 3.8) is 0 Å². The maximum Gasteiger partial charge on any atom is 0.338 e. The van der Waals surface area contributed by atoms with Gasteiger partial charge in [0.2, 0.25) is 0 Å². The summed E-state index contributed by atoms with van der Waals surface area (Å²) in [5.41, 5.74) is 1.47. The summed E-state index contributed by atoms with van der Waals surface area (Å²) in [6.07, 6.45) is 4.33. The average Bonchev–Trinajstić information content (AvgIpc) is 3.21. The molecule has 0 aliphatic rings. The molecule has 0 radical (unpaired) electrons. The molecule has 0 atom stereocenters. The van der Waals surface area contributed by atoms with E-state index in [9.17, 15) is 4.79 Å². The molecule has 1 aromatic carbocycles. The normalized spacial score (nSPS) is 10.5. The molecular weight excluding hydrogens is 284 g/mol. The van der Waals surface area contributed by atoms with E-state index >= 15 is 0 Å². The molecule has 0 spiro atoms. The van der Waals surface area contributed by atoms with E-state index in [0.29, 0.717) is 12.2 Å². The zero-order chi connectivity index (χ0) is 14.5. The second-order valence-electron chi connectivity index (χ2n) is 4.46. The van der Waals surface area contributed by atoms with Crippen molar-refractivity contribution in [1.82, 2.24) is 9.78 Å². The summed E-state index contributed by atoms with van der Waals surface area (Å²) in [5.74, 6) is -0.293. The number of hydrogen-bond donors (Lipinski definition) is 0. The van der Waals surface area contributed by atoms with Gasteiger partial charge >= 0.3 is 5.97 Å². The van der Waals surface area contributed by atoms with E-state index in [2.05, 4.69) is 5.10 Å². The molecule has 3 rings (SSSR count). The number of carbonyl (C=O) groups is 1. The van der Waals surface area contributed by atoms with Crippen LogP contribution in [0.4, 0.5) is 0 Å². The fraction of sp³-hybridized carbons (Fsp3) is 0.125. The summed E-state index contributed by atoms with van der Waals surface area (Å²) in [4.78, 5) is 13.1. The summed E-state index contributed by atoms with van der Waals surface area (Å²) in [5, 5.41) is 6.16. The molecule has 0 saturated heterocycles. The van der Waals surface area contributed by atoms with E-state index in [1.54, 1.807) is 34.3 Å². The Labute approximate surface area is 126 Å². The first-order chi connectivity index (χ1) is 10.3. The molecule has 0 aliphatic heterocycles. The standard InChI is InChI=1S/C16H14N2O2S/c19-16(20-11-8-15-3-1-12-21-15)13-4-6-14(7-5-13)18-10-2-9-17-18/h1-7,9-10,12H,8,11H2. The number of benzene rings is 1. The fourth-order valence-corrected chi connectivity index (χ4v) is 2.64. The topological polar surface area (TPSA) is 44.1 Å². The van der Waals surface area contributed by atoms with Gasteiger partial charge in [-0.15, -0.1) is 11.3 Å². The highest BCUT2D eigenvalue weighted by molar-refractivity contribution is 7.09. The molecule has 0 unspecified atom stereocenters. The number of hydrogen-bond acceptors (Lipinski definition) is 4. The second-order valence-corrected chi connectivity index (χ2v) is 5.50. The zero-order valence-corrected chi connectivity index (χ0v) is 12.1. The SMILES string of the molecule is O=C(OCCc1cccs1)c1ccc(-n2cccn2)cc1. The zero-order valence-electron chi connectivity index (χ0n) is 11.3. The van der Waals surface area contributed by atoms with E-state index in [0.717, 1.165) is 12.1 Å². The van der Waals surface area contributed by atoms with E-state index < -0.39 is 0 Å². The monoisotopic (exact) mass is 298 g/mol. The van der Waals surface area contributed by atoms with Gasteiger partial charge in [-0.25, -0.2) is 9.48 Å². The van der Waals surface area contributed by atoms with Crippen molar-refractivity contribution in [3.05, 3.63) is 70.7 Å². The minimum Gasteiger partial charge on any atom is -0.462 e. The maximum absolute atomic E-state index is 11.9. The van der Waals surface area contributed by atoms with E-state index in [-0.39, 0.29) is 5.97 Å². The van der Waals surface area contributed by atoms with Crippen LogP contribution in [0.2, 0.25) is 0 Å². The van der Waals surface area contributed by atoms with Crippen LogP contribution in [0.3, 0.4) is 0 Å². The molecule has 106 valence electrons. The number of thiophene rings is 1. The highest BCUT2D eigenvalue weighted by Gasteiger charge is 2.07. The minimum atomic E-state index is -0.293. The third-order valence-corrected chi connectivity index (χ3v) is 3.97. The molecule has 4 nitrogen and oxygen atoms in total. The van der Waals surface area contributed by atoms with Crippen LogP contribution < -0.4 is 0 Å². The first-order valence-corrected chi connectivity index (χ1v) is 7.50. The molecule has 0 amide bonds. The van der Waals surface area contributed by atoms with Crippen LogP contribution in [-0.4, -0.2) is 22.4 Å². The van der Waals surface area contributed by atoms with E-state index in [1.165, 1.54) is 4.88 Å². The van der Waals surface area contributed by atoms with Gasteiger partial charge in [0.25, 0.3) is 0 Å². The van der Waals surface area contributed by atoms with E-state index in [1.807, 2.05) is 41.9 Å². The summed E-state index contributed by atoms with van der Waals surface area (Å²) >= 11 is 1.67. The highest BCUT2D eigenvalue weighted by atomic mass is 32.1. The second kappa shape index (κ2) is 6.37. The van der Waals surface area contributed by atoms with Gasteiger partial charge in [0.1, 0.15) is 0 Å². The van der Waals surface area contributed by atoms with E-state index in [4.69, 9.17) is 4.74 Å². The summed E-state index contributed by atoms with van der Waals surface area (Å²) in [6, 6.07) is 13.1. The minimum absolute atomic E-state index is 0.293. The largest absolute Gasteiger partial charge is 0.462 e. The molecule has 21 heavy (non-hydrogen) atoms. The molecule has 2 aromatic heterocycles. The molecule has 0 saturated carbocycles. The number of esters is 1.